The number of hydrogen-bond acceptors (Lipinski definition) is 5. The zero-order valence-electron chi connectivity index (χ0n) is 19.9. The van der Waals surface area contributed by atoms with Crippen LogP contribution >= 0.6 is 28.1 Å². The average Bonchev–Trinajstić information content (AvgIpc) is 2.83. The predicted octanol–water partition coefficient (Wildman–Crippen LogP) is 4.83. The lowest BCUT2D eigenvalue weighted by Gasteiger charge is -2.18. The number of carbonyl (C=O) groups excluding carboxylic acids is 2. The highest BCUT2D eigenvalue weighted by molar-refractivity contribution is 9.10. The van der Waals surface area contributed by atoms with E-state index in [0.29, 0.717) is 35.7 Å². The zero-order chi connectivity index (χ0) is 24.9. The molecule has 0 spiro atoms. The summed E-state index contributed by atoms with van der Waals surface area (Å²) in [5, 5.41) is 8.75. The number of nitrogens with one attached hydrogen (secondary N) is 3. The average molecular weight is 550 g/mol. The molecule has 0 bridgehead atoms. The summed E-state index contributed by atoms with van der Waals surface area (Å²) < 4.78 is 6.53. The maximum Gasteiger partial charge on any atom is 0.261 e. The summed E-state index contributed by atoms with van der Waals surface area (Å²) in [6, 6.07) is 12.2. The van der Waals surface area contributed by atoms with Gasteiger partial charge < -0.3 is 20.3 Å². The van der Waals surface area contributed by atoms with E-state index in [2.05, 4.69) is 57.6 Å². The molecule has 9 heteroatoms. The third-order valence-corrected chi connectivity index (χ3v) is 5.88. The number of rotatable bonds is 12. The minimum Gasteiger partial charge on any atom is -0.493 e. The van der Waals surface area contributed by atoms with Crippen molar-refractivity contribution in [2.45, 2.75) is 33.6 Å². The van der Waals surface area contributed by atoms with Gasteiger partial charge >= 0.3 is 0 Å². The second-order valence-electron chi connectivity index (χ2n) is 7.61. The van der Waals surface area contributed by atoms with Gasteiger partial charge in [0.05, 0.1) is 12.2 Å². The van der Waals surface area contributed by atoms with Gasteiger partial charge in [-0.05, 0) is 74.2 Å². The molecule has 0 saturated carbocycles. The van der Waals surface area contributed by atoms with Crippen molar-refractivity contribution in [1.82, 2.24) is 15.5 Å². The summed E-state index contributed by atoms with van der Waals surface area (Å²) in [6.45, 7) is 10.1. The van der Waals surface area contributed by atoms with Crippen LogP contribution in [0.25, 0.3) is 0 Å². The summed E-state index contributed by atoms with van der Waals surface area (Å²) in [4.78, 5) is 27.4. The van der Waals surface area contributed by atoms with Crippen molar-refractivity contribution >= 4 is 50.8 Å². The Morgan fingerprint density at radius 3 is 2.38 bits per heavy atom. The molecular weight excluding hydrogens is 516 g/mol. The van der Waals surface area contributed by atoms with Crippen molar-refractivity contribution in [1.29, 1.82) is 0 Å². The summed E-state index contributed by atoms with van der Waals surface area (Å²) in [7, 11) is 0. The molecule has 0 unspecified atom stereocenters. The van der Waals surface area contributed by atoms with E-state index >= 15 is 0 Å². The van der Waals surface area contributed by atoms with Crippen LogP contribution in [0.2, 0.25) is 0 Å². The zero-order valence-corrected chi connectivity index (χ0v) is 22.4. The van der Waals surface area contributed by atoms with E-state index in [1.54, 1.807) is 36.4 Å². The lowest BCUT2D eigenvalue weighted by atomic mass is 10.2. The Balaban J connectivity index is 1.91. The molecule has 0 aliphatic carbocycles. The van der Waals surface area contributed by atoms with Crippen LogP contribution in [-0.4, -0.2) is 54.6 Å². The first-order valence-corrected chi connectivity index (χ1v) is 12.7. The van der Waals surface area contributed by atoms with Crippen LogP contribution < -0.4 is 20.7 Å². The third kappa shape index (κ3) is 9.04. The summed E-state index contributed by atoms with van der Waals surface area (Å²) >= 11 is 8.70. The summed E-state index contributed by atoms with van der Waals surface area (Å²) in [5.41, 5.74) is 1.62. The molecule has 0 aliphatic heterocycles. The maximum absolute atomic E-state index is 12.8. The van der Waals surface area contributed by atoms with Crippen molar-refractivity contribution < 1.29 is 14.3 Å². The number of amides is 2. The highest BCUT2D eigenvalue weighted by Gasteiger charge is 2.15. The van der Waals surface area contributed by atoms with Gasteiger partial charge in [0.2, 0.25) is 0 Å². The molecule has 3 N–H and O–H groups in total. The van der Waals surface area contributed by atoms with Crippen molar-refractivity contribution in [2.75, 3.05) is 38.1 Å². The topological polar surface area (TPSA) is 82.7 Å². The molecule has 2 rings (SSSR count). The fourth-order valence-corrected chi connectivity index (χ4v) is 3.71. The summed E-state index contributed by atoms with van der Waals surface area (Å²) in [6.07, 6.45) is 1.91. The van der Waals surface area contributed by atoms with Crippen LogP contribution in [0.1, 0.15) is 54.3 Å². The minimum absolute atomic E-state index is 0.125. The molecular formula is C25H33BrN4O3S. The number of nitrogens with zero attached hydrogens (tertiary/aromatic N) is 1. The van der Waals surface area contributed by atoms with Gasteiger partial charge in [-0.3, -0.25) is 14.9 Å². The van der Waals surface area contributed by atoms with Crippen LogP contribution in [0.4, 0.5) is 5.69 Å². The van der Waals surface area contributed by atoms with Gasteiger partial charge in [-0.1, -0.05) is 43.1 Å². The van der Waals surface area contributed by atoms with E-state index in [0.717, 1.165) is 36.9 Å². The molecule has 34 heavy (non-hydrogen) atoms. The molecule has 0 fully saturated rings. The van der Waals surface area contributed by atoms with Gasteiger partial charge in [0.15, 0.2) is 5.11 Å². The maximum atomic E-state index is 12.8. The number of carbonyl (C=O) groups is 2. The molecule has 2 aromatic carbocycles. The molecule has 0 saturated heterocycles. The van der Waals surface area contributed by atoms with Crippen LogP contribution in [0, 0.1) is 0 Å². The lowest BCUT2D eigenvalue weighted by molar-refractivity contribution is 0.0946. The van der Waals surface area contributed by atoms with Crippen LogP contribution in [0.15, 0.2) is 46.9 Å². The van der Waals surface area contributed by atoms with Crippen molar-refractivity contribution in [3.63, 3.8) is 0 Å². The molecule has 0 aliphatic rings. The van der Waals surface area contributed by atoms with Crippen LogP contribution in [0.5, 0.6) is 5.75 Å². The Labute approximate surface area is 215 Å². The lowest BCUT2D eigenvalue weighted by Crippen LogP contribution is -2.35. The SMILES string of the molecule is CCCCOc1ccc(Br)cc1C(=O)NC(=S)Nc1ccc(C(=O)NCCN(CC)CC)cc1. The van der Waals surface area contributed by atoms with E-state index in [9.17, 15) is 9.59 Å². The van der Waals surface area contributed by atoms with Crippen molar-refractivity contribution in [3.8, 4) is 5.75 Å². The fraction of sp³-hybridized carbons (Fsp3) is 0.400. The standard InChI is InChI=1S/C25H33BrN4O3S/c1-4-7-16-33-22-13-10-19(26)17-21(22)24(32)29-25(34)28-20-11-8-18(9-12-20)23(31)27-14-15-30(5-2)6-3/h8-13,17H,4-7,14-16H2,1-3H3,(H,27,31)(H2,28,29,32,34). The van der Waals surface area contributed by atoms with Crippen molar-refractivity contribution in [2.24, 2.45) is 0 Å². The van der Waals surface area contributed by atoms with E-state index in [4.69, 9.17) is 17.0 Å². The van der Waals surface area contributed by atoms with Gasteiger partial charge in [-0.2, -0.15) is 0 Å². The molecule has 0 radical (unpaired) electrons. The normalized spacial score (nSPS) is 10.6. The van der Waals surface area contributed by atoms with Gasteiger partial charge in [-0.15, -0.1) is 0 Å². The number of unbranched alkanes of at least 4 members (excludes halogenated alkanes) is 1. The van der Waals surface area contributed by atoms with Gasteiger partial charge in [0.1, 0.15) is 5.75 Å². The predicted molar refractivity (Wildman–Crippen MR) is 145 cm³/mol. The number of benzene rings is 2. The van der Waals surface area contributed by atoms with Gasteiger partial charge in [-0.25, -0.2) is 0 Å². The molecule has 0 atom stereocenters. The number of thiocarbonyl (C=S) groups is 1. The second-order valence-corrected chi connectivity index (χ2v) is 8.93. The third-order valence-electron chi connectivity index (χ3n) is 5.18. The Morgan fingerprint density at radius 1 is 1.03 bits per heavy atom. The first kappa shape index (κ1) is 27.8. The smallest absolute Gasteiger partial charge is 0.261 e. The van der Waals surface area contributed by atoms with E-state index in [-0.39, 0.29) is 16.9 Å². The van der Waals surface area contributed by atoms with Gasteiger partial charge in [0.25, 0.3) is 11.8 Å². The monoisotopic (exact) mass is 548 g/mol. The Kier molecular flexibility index (Phi) is 12.0. The molecule has 2 aromatic rings. The second kappa shape index (κ2) is 14.7. The Morgan fingerprint density at radius 2 is 1.74 bits per heavy atom. The first-order chi connectivity index (χ1) is 16.4. The molecule has 0 heterocycles. The highest BCUT2D eigenvalue weighted by atomic mass is 79.9. The molecule has 0 aromatic heterocycles. The molecule has 2 amide bonds. The quantitative estimate of drug-likeness (QED) is 0.260. The first-order valence-electron chi connectivity index (χ1n) is 11.5. The van der Waals surface area contributed by atoms with E-state index < -0.39 is 0 Å². The molecule has 7 nitrogen and oxygen atoms in total. The van der Waals surface area contributed by atoms with E-state index in [1.165, 1.54) is 0 Å². The molecule has 184 valence electrons. The highest BCUT2D eigenvalue weighted by Crippen LogP contribution is 2.23. The summed E-state index contributed by atoms with van der Waals surface area (Å²) in [5.74, 6) is 0.0163. The van der Waals surface area contributed by atoms with Crippen LogP contribution in [0.3, 0.4) is 0 Å². The number of ether oxygens (including phenoxy) is 1. The Hall–Kier alpha value is -2.49. The van der Waals surface area contributed by atoms with Crippen LogP contribution in [-0.2, 0) is 0 Å². The Bertz CT molecular complexity index is 965. The largest absolute Gasteiger partial charge is 0.493 e. The number of hydrogen-bond donors (Lipinski definition) is 3. The number of anilines is 1. The number of likely N-dealkylation sites (N-methyl/N-ethyl adjacent to an activating group) is 1. The fourth-order valence-electron chi connectivity index (χ4n) is 3.14. The van der Waals surface area contributed by atoms with Crippen molar-refractivity contribution in [3.05, 3.63) is 58.1 Å². The number of halogens is 1. The van der Waals surface area contributed by atoms with Gasteiger partial charge in [0, 0.05) is 28.8 Å². The minimum atomic E-state index is -0.366. The van der Waals surface area contributed by atoms with E-state index in [1.807, 2.05) is 6.07 Å².